The second-order valence-corrected chi connectivity index (χ2v) is 13.6. The van der Waals surface area contributed by atoms with Crippen LogP contribution in [0.5, 0.6) is 5.75 Å². The van der Waals surface area contributed by atoms with E-state index in [1.165, 1.54) is 5.56 Å². The number of phenolic OH excluding ortho intramolecular Hbond substituents is 1. The van der Waals surface area contributed by atoms with Gasteiger partial charge in [-0.1, -0.05) is 95.2 Å². The molecule has 2 N–H and O–H groups in total. The number of carboxylic acids is 1. The number of rotatable bonds is 2. The molecule has 0 heterocycles. The monoisotopic (exact) mass is 452 g/mol. The molecular weight excluding hydrogens is 408 g/mol. The SMILES string of the molecule is Cc1cc(C(C)(C)C)cc(C(C)(C)C)c1-c1cc(C(=O)O)c(C(C)(C)C)c(C(C)(C)C)c1O. The third-order valence-electron chi connectivity index (χ3n) is 6.31. The van der Waals surface area contributed by atoms with E-state index in [1.54, 1.807) is 6.07 Å². The van der Waals surface area contributed by atoms with Crippen LogP contribution >= 0.6 is 0 Å². The molecule has 0 aliphatic carbocycles. The van der Waals surface area contributed by atoms with Crippen LogP contribution in [0, 0.1) is 6.92 Å². The molecule has 0 aliphatic rings. The molecule has 0 atom stereocenters. The standard InChI is InChI=1S/C30H44O3/c1-17-14-18(27(2,3)4)15-21(28(5,6)7)22(17)19-16-20(26(32)33)23(29(8,9)10)24(25(19)31)30(11,12)13/h14-16,31H,1-13H3,(H,32,33). The first-order valence-corrected chi connectivity index (χ1v) is 11.9. The minimum absolute atomic E-state index is 0.0236. The Kier molecular flexibility index (Phi) is 6.68. The Labute approximate surface area is 201 Å². The molecule has 182 valence electrons. The van der Waals surface area contributed by atoms with Crippen LogP contribution < -0.4 is 0 Å². The first kappa shape index (κ1) is 27.0. The maximum absolute atomic E-state index is 12.5. The van der Waals surface area contributed by atoms with Crippen LogP contribution in [0.15, 0.2) is 18.2 Å². The molecular formula is C30H44O3. The molecule has 0 saturated carbocycles. The van der Waals surface area contributed by atoms with Gasteiger partial charge in [0.2, 0.25) is 0 Å². The van der Waals surface area contributed by atoms with E-state index in [1.807, 2.05) is 41.5 Å². The van der Waals surface area contributed by atoms with E-state index in [-0.39, 0.29) is 22.1 Å². The van der Waals surface area contributed by atoms with Crippen molar-refractivity contribution in [2.24, 2.45) is 0 Å². The van der Waals surface area contributed by atoms with E-state index < -0.39 is 16.8 Å². The molecule has 0 amide bonds. The van der Waals surface area contributed by atoms with Crippen LogP contribution in [0.4, 0.5) is 0 Å². The van der Waals surface area contributed by atoms with Gasteiger partial charge in [-0.25, -0.2) is 4.79 Å². The molecule has 2 rings (SSSR count). The summed E-state index contributed by atoms with van der Waals surface area (Å²) in [7, 11) is 0. The fraction of sp³-hybridized carbons (Fsp3) is 0.567. The third-order valence-corrected chi connectivity index (χ3v) is 6.31. The van der Waals surface area contributed by atoms with Crippen molar-refractivity contribution in [3.8, 4) is 16.9 Å². The van der Waals surface area contributed by atoms with E-state index in [4.69, 9.17) is 0 Å². The molecule has 0 spiro atoms. The Morgan fingerprint density at radius 1 is 0.697 bits per heavy atom. The van der Waals surface area contributed by atoms with Crippen LogP contribution in [0.3, 0.4) is 0 Å². The Hall–Kier alpha value is -2.29. The number of carboxylic acid groups (broad SMARTS) is 1. The molecule has 3 nitrogen and oxygen atoms in total. The number of carbonyl (C=O) groups is 1. The lowest BCUT2D eigenvalue weighted by Gasteiger charge is -2.35. The minimum Gasteiger partial charge on any atom is -0.507 e. The van der Waals surface area contributed by atoms with E-state index in [9.17, 15) is 15.0 Å². The average molecular weight is 453 g/mol. The predicted molar refractivity (Wildman–Crippen MR) is 140 cm³/mol. The summed E-state index contributed by atoms with van der Waals surface area (Å²) < 4.78 is 0. The van der Waals surface area contributed by atoms with Gasteiger partial charge in [-0.15, -0.1) is 0 Å². The molecule has 2 aromatic rings. The van der Waals surface area contributed by atoms with E-state index in [0.717, 1.165) is 16.7 Å². The molecule has 0 aromatic heterocycles. The molecule has 0 radical (unpaired) electrons. The average Bonchev–Trinajstić information content (AvgIpc) is 2.57. The zero-order valence-corrected chi connectivity index (χ0v) is 23.0. The van der Waals surface area contributed by atoms with Crippen LogP contribution in [-0.4, -0.2) is 16.2 Å². The number of aryl methyl sites for hydroxylation is 1. The zero-order chi connectivity index (χ0) is 25.9. The highest BCUT2D eigenvalue weighted by molar-refractivity contribution is 5.95. The van der Waals surface area contributed by atoms with Gasteiger partial charge in [0.25, 0.3) is 0 Å². The summed E-state index contributed by atoms with van der Waals surface area (Å²) in [5, 5.41) is 22.0. The fourth-order valence-corrected chi connectivity index (χ4v) is 4.71. The fourth-order valence-electron chi connectivity index (χ4n) is 4.71. The molecule has 0 saturated heterocycles. The zero-order valence-electron chi connectivity index (χ0n) is 23.0. The second-order valence-electron chi connectivity index (χ2n) is 13.6. The maximum Gasteiger partial charge on any atom is 0.336 e. The Balaban J connectivity index is 3.19. The van der Waals surface area contributed by atoms with Gasteiger partial charge in [0.1, 0.15) is 5.75 Å². The smallest absolute Gasteiger partial charge is 0.336 e. The van der Waals surface area contributed by atoms with Crippen LogP contribution in [0.25, 0.3) is 11.1 Å². The summed E-state index contributed by atoms with van der Waals surface area (Å²) in [6.07, 6.45) is 0. The summed E-state index contributed by atoms with van der Waals surface area (Å²) in [6.45, 7) is 27.3. The van der Waals surface area contributed by atoms with Crippen molar-refractivity contribution in [1.29, 1.82) is 0 Å². The first-order chi connectivity index (χ1) is 14.6. The van der Waals surface area contributed by atoms with Crippen LogP contribution in [0.2, 0.25) is 0 Å². The summed E-state index contributed by atoms with van der Waals surface area (Å²) >= 11 is 0. The third kappa shape index (κ3) is 5.28. The summed E-state index contributed by atoms with van der Waals surface area (Å²) in [4.78, 5) is 12.5. The van der Waals surface area contributed by atoms with Crippen molar-refractivity contribution in [1.82, 2.24) is 0 Å². The van der Waals surface area contributed by atoms with Gasteiger partial charge in [-0.3, -0.25) is 0 Å². The van der Waals surface area contributed by atoms with Gasteiger partial charge in [0.05, 0.1) is 5.56 Å². The van der Waals surface area contributed by atoms with Crippen LogP contribution in [-0.2, 0) is 21.7 Å². The molecule has 2 aromatic carbocycles. The number of hydrogen-bond acceptors (Lipinski definition) is 2. The quantitative estimate of drug-likeness (QED) is 0.482. The Morgan fingerprint density at radius 3 is 1.55 bits per heavy atom. The normalized spacial score (nSPS) is 13.4. The second kappa shape index (κ2) is 8.18. The number of aromatic carboxylic acids is 1. The lowest BCUT2D eigenvalue weighted by Crippen LogP contribution is -2.26. The predicted octanol–water partition coefficient (Wildman–Crippen LogP) is 8.26. The summed E-state index contributed by atoms with van der Waals surface area (Å²) in [6, 6.07) is 6.11. The van der Waals surface area contributed by atoms with E-state index in [0.29, 0.717) is 16.7 Å². The van der Waals surface area contributed by atoms with E-state index in [2.05, 4.69) is 60.6 Å². The van der Waals surface area contributed by atoms with Crippen molar-refractivity contribution in [2.45, 2.75) is 112 Å². The van der Waals surface area contributed by atoms with Crippen molar-refractivity contribution >= 4 is 5.97 Å². The highest BCUT2D eigenvalue weighted by atomic mass is 16.4. The molecule has 0 unspecified atom stereocenters. The van der Waals surface area contributed by atoms with Gasteiger partial charge in [-0.05, 0) is 62.5 Å². The van der Waals surface area contributed by atoms with Crippen LogP contribution in [0.1, 0.15) is 121 Å². The van der Waals surface area contributed by atoms with Crippen molar-refractivity contribution in [3.05, 3.63) is 51.6 Å². The first-order valence-electron chi connectivity index (χ1n) is 11.9. The van der Waals surface area contributed by atoms with Crippen molar-refractivity contribution in [2.75, 3.05) is 0 Å². The number of benzene rings is 2. The van der Waals surface area contributed by atoms with Gasteiger partial charge in [0.15, 0.2) is 0 Å². The van der Waals surface area contributed by atoms with Crippen molar-refractivity contribution in [3.63, 3.8) is 0 Å². The van der Waals surface area contributed by atoms with Gasteiger partial charge in [0, 0.05) is 11.1 Å². The lowest BCUT2D eigenvalue weighted by atomic mass is 9.70. The molecule has 0 aliphatic heterocycles. The van der Waals surface area contributed by atoms with Gasteiger partial charge >= 0.3 is 5.97 Å². The summed E-state index contributed by atoms with van der Waals surface area (Å²) in [5.74, 6) is -0.775. The topological polar surface area (TPSA) is 57.5 Å². The van der Waals surface area contributed by atoms with E-state index >= 15 is 0 Å². The molecule has 0 bridgehead atoms. The van der Waals surface area contributed by atoms with Gasteiger partial charge in [-0.2, -0.15) is 0 Å². The largest absolute Gasteiger partial charge is 0.507 e. The molecule has 3 heteroatoms. The highest BCUT2D eigenvalue weighted by Crippen LogP contribution is 2.49. The lowest BCUT2D eigenvalue weighted by molar-refractivity contribution is 0.0694. The summed E-state index contributed by atoms with van der Waals surface area (Å²) in [5.41, 5.74) is 5.51. The molecule has 0 fully saturated rings. The number of phenols is 1. The molecule has 33 heavy (non-hydrogen) atoms. The van der Waals surface area contributed by atoms with Crippen molar-refractivity contribution < 1.29 is 15.0 Å². The number of aromatic hydroxyl groups is 1. The minimum atomic E-state index is -0.965. The van der Waals surface area contributed by atoms with Gasteiger partial charge < -0.3 is 10.2 Å². The Bertz CT molecular complexity index is 1080. The maximum atomic E-state index is 12.5. The Morgan fingerprint density at radius 2 is 1.18 bits per heavy atom. The number of hydrogen-bond donors (Lipinski definition) is 2. The highest BCUT2D eigenvalue weighted by Gasteiger charge is 2.36.